The standard InChI is InChI=1S/C21H24Cl3N3O5S/c1-13(21(29)25-2)26(11-14-5-6-15(22)9-17(14)24)20(28)12-27(33(4,30)31)18-10-16(23)7-8-19(18)32-3/h5-10,13H,11-12H2,1-4H3,(H,25,29)/t13-/m0/s1. The second-order valence-corrected chi connectivity index (χ2v) is 10.3. The highest BCUT2D eigenvalue weighted by Gasteiger charge is 2.31. The smallest absolute Gasteiger partial charge is 0.244 e. The number of nitrogens with zero attached hydrogens (tertiary/aromatic N) is 2. The average Bonchev–Trinajstić information content (AvgIpc) is 2.74. The van der Waals surface area contributed by atoms with Crippen LogP contribution in [0, 0.1) is 0 Å². The van der Waals surface area contributed by atoms with Gasteiger partial charge in [0.15, 0.2) is 0 Å². The molecule has 2 aromatic carbocycles. The van der Waals surface area contributed by atoms with E-state index in [9.17, 15) is 18.0 Å². The summed E-state index contributed by atoms with van der Waals surface area (Å²) >= 11 is 18.3. The molecule has 0 aliphatic rings. The van der Waals surface area contributed by atoms with E-state index >= 15 is 0 Å². The van der Waals surface area contributed by atoms with Crippen LogP contribution in [-0.2, 0) is 26.2 Å². The van der Waals surface area contributed by atoms with E-state index in [1.807, 2.05) is 0 Å². The van der Waals surface area contributed by atoms with Gasteiger partial charge in [-0.3, -0.25) is 13.9 Å². The highest BCUT2D eigenvalue weighted by atomic mass is 35.5. The topological polar surface area (TPSA) is 96.0 Å². The second kappa shape index (κ2) is 11.3. The zero-order chi connectivity index (χ0) is 24.9. The summed E-state index contributed by atoms with van der Waals surface area (Å²) in [5.41, 5.74) is 0.634. The summed E-state index contributed by atoms with van der Waals surface area (Å²) in [4.78, 5) is 27.0. The van der Waals surface area contributed by atoms with Crippen molar-refractivity contribution < 1.29 is 22.7 Å². The summed E-state index contributed by atoms with van der Waals surface area (Å²) in [7, 11) is -1.12. The minimum absolute atomic E-state index is 0.0479. The number of rotatable bonds is 9. The summed E-state index contributed by atoms with van der Waals surface area (Å²) in [6.07, 6.45) is 0.962. The minimum Gasteiger partial charge on any atom is -0.495 e. The van der Waals surface area contributed by atoms with Crippen LogP contribution in [0.1, 0.15) is 12.5 Å². The van der Waals surface area contributed by atoms with Crippen LogP contribution >= 0.6 is 34.8 Å². The lowest BCUT2D eigenvalue weighted by molar-refractivity contribution is -0.139. The van der Waals surface area contributed by atoms with E-state index in [-0.39, 0.29) is 23.0 Å². The quantitative estimate of drug-likeness (QED) is 0.528. The highest BCUT2D eigenvalue weighted by molar-refractivity contribution is 7.92. The number of benzene rings is 2. The van der Waals surface area contributed by atoms with Crippen molar-refractivity contribution in [3.8, 4) is 5.75 Å². The molecular weight excluding hydrogens is 513 g/mol. The molecule has 0 spiro atoms. The minimum atomic E-state index is -3.93. The fraction of sp³-hybridized carbons (Fsp3) is 0.333. The number of likely N-dealkylation sites (N-methyl/N-ethyl adjacent to an activating group) is 1. The van der Waals surface area contributed by atoms with Crippen molar-refractivity contribution in [2.24, 2.45) is 0 Å². The number of hydrogen-bond acceptors (Lipinski definition) is 5. The van der Waals surface area contributed by atoms with Gasteiger partial charge in [-0.1, -0.05) is 40.9 Å². The number of carbonyl (C=O) groups is 2. The van der Waals surface area contributed by atoms with Gasteiger partial charge in [0.1, 0.15) is 18.3 Å². The largest absolute Gasteiger partial charge is 0.495 e. The normalized spacial score (nSPS) is 12.1. The van der Waals surface area contributed by atoms with Gasteiger partial charge in [0.2, 0.25) is 21.8 Å². The number of sulfonamides is 1. The summed E-state index contributed by atoms with van der Waals surface area (Å²) in [5.74, 6) is -0.853. The molecule has 2 aromatic rings. The van der Waals surface area contributed by atoms with E-state index in [1.165, 1.54) is 50.2 Å². The lowest BCUT2D eigenvalue weighted by atomic mass is 10.1. The SMILES string of the molecule is CNC(=O)[C@H](C)N(Cc1ccc(Cl)cc1Cl)C(=O)CN(c1cc(Cl)ccc1OC)S(C)(=O)=O. The third-order valence-corrected chi connectivity index (χ3v) is 6.81. The van der Waals surface area contributed by atoms with Crippen LogP contribution in [0.2, 0.25) is 15.1 Å². The van der Waals surface area contributed by atoms with Crippen LogP contribution in [0.3, 0.4) is 0 Å². The molecule has 0 aliphatic carbocycles. The van der Waals surface area contributed by atoms with E-state index in [0.717, 1.165) is 10.6 Å². The van der Waals surface area contributed by atoms with Crippen LogP contribution in [0.4, 0.5) is 5.69 Å². The van der Waals surface area contributed by atoms with Gasteiger partial charge in [-0.25, -0.2) is 8.42 Å². The Bertz CT molecular complexity index is 1140. The molecule has 33 heavy (non-hydrogen) atoms. The monoisotopic (exact) mass is 535 g/mol. The summed E-state index contributed by atoms with van der Waals surface area (Å²) < 4.78 is 31.4. The van der Waals surface area contributed by atoms with Gasteiger partial charge in [-0.05, 0) is 42.8 Å². The van der Waals surface area contributed by atoms with Gasteiger partial charge < -0.3 is 15.0 Å². The predicted molar refractivity (Wildman–Crippen MR) is 131 cm³/mol. The molecule has 180 valence electrons. The molecule has 0 aliphatic heterocycles. The van der Waals surface area contributed by atoms with Crippen LogP contribution in [0.5, 0.6) is 5.75 Å². The van der Waals surface area contributed by atoms with Crippen LogP contribution in [-0.4, -0.2) is 58.1 Å². The Balaban J connectivity index is 2.49. The molecule has 0 saturated heterocycles. The number of amides is 2. The number of nitrogens with one attached hydrogen (secondary N) is 1. The Labute approximate surface area is 208 Å². The van der Waals surface area contributed by atoms with E-state index in [1.54, 1.807) is 12.1 Å². The first kappa shape index (κ1) is 27.0. The summed E-state index contributed by atoms with van der Waals surface area (Å²) in [6, 6.07) is 8.26. The van der Waals surface area contributed by atoms with Crippen molar-refractivity contribution in [3.63, 3.8) is 0 Å². The number of ether oxygens (including phenoxy) is 1. The Morgan fingerprint density at radius 1 is 1.09 bits per heavy atom. The third kappa shape index (κ3) is 6.89. The lowest BCUT2D eigenvalue weighted by Crippen LogP contribution is -2.50. The van der Waals surface area contributed by atoms with Gasteiger partial charge in [0.05, 0.1) is 19.1 Å². The van der Waals surface area contributed by atoms with Gasteiger partial charge >= 0.3 is 0 Å². The first-order chi connectivity index (χ1) is 15.4. The van der Waals surface area contributed by atoms with Crippen LogP contribution < -0.4 is 14.4 Å². The highest BCUT2D eigenvalue weighted by Crippen LogP contribution is 2.33. The molecule has 2 amide bonds. The molecule has 2 rings (SSSR count). The number of methoxy groups -OCH3 is 1. The molecule has 0 fully saturated rings. The Kier molecular flexibility index (Phi) is 9.25. The van der Waals surface area contributed by atoms with Crippen molar-refractivity contribution >= 4 is 62.3 Å². The van der Waals surface area contributed by atoms with Gasteiger partial charge in [0, 0.05) is 28.7 Å². The van der Waals surface area contributed by atoms with Crippen molar-refractivity contribution in [2.75, 3.05) is 31.3 Å². The molecule has 0 radical (unpaired) electrons. The zero-order valence-corrected chi connectivity index (χ0v) is 21.5. The summed E-state index contributed by atoms with van der Waals surface area (Å²) in [5, 5.41) is 3.47. The molecule has 12 heteroatoms. The predicted octanol–water partition coefficient (Wildman–Crippen LogP) is 3.58. The Morgan fingerprint density at radius 3 is 2.24 bits per heavy atom. The zero-order valence-electron chi connectivity index (χ0n) is 18.4. The number of carbonyl (C=O) groups excluding carboxylic acids is 2. The van der Waals surface area contributed by atoms with Crippen molar-refractivity contribution in [1.29, 1.82) is 0 Å². The fourth-order valence-electron chi connectivity index (χ4n) is 3.08. The molecule has 0 bridgehead atoms. The summed E-state index contributed by atoms with van der Waals surface area (Å²) in [6.45, 7) is 0.890. The molecule has 1 N–H and O–H groups in total. The first-order valence-electron chi connectivity index (χ1n) is 9.65. The van der Waals surface area contributed by atoms with Crippen molar-refractivity contribution in [2.45, 2.75) is 19.5 Å². The van der Waals surface area contributed by atoms with E-state index in [2.05, 4.69) is 5.32 Å². The molecule has 0 aromatic heterocycles. The van der Waals surface area contributed by atoms with Gasteiger partial charge in [-0.15, -0.1) is 0 Å². The lowest BCUT2D eigenvalue weighted by Gasteiger charge is -2.31. The Hall–Kier alpha value is -2.20. The molecular formula is C21H24Cl3N3O5S. The van der Waals surface area contributed by atoms with E-state index in [0.29, 0.717) is 15.6 Å². The second-order valence-electron chi connectivity index (χ2n) is 7.13. The van der Waals surface area contributed by atoms with Crippen molar-refractivity contribution in [1.82, 2.24) is 10.2 Å². The number of hydrogen-bond donors (Lipinski definition) is 1. The van der Waals surface area contributed by atoms with Crippen LogP contribution in [0.25, 0.3) is 0 Å². The Morgan fingerprint density at radius 2 is 1.70 bits per heavy atom. The van der Waals surface area contributed by atoms with E-state index in [4.69, 9.17) is 39.5 Å². The fourth-order valence-corrected chi connectivity index (χ4v) is 4.56. The van der Waals surface area contributed by atoms with Crippen LogP contribution in [0.15, 0.2) is 36.4 Å². The van der Waals surface area contributed by atoms with Gasteiger partial charge in [-0.2, -0.15) is 0 Å². The number of anilines is 1. The first-order valence-corrected chi connectivity index (χ1v) is 12.6. The maximum absolute atomic E-state index is 13.4. The number of halogens is 3. The molecule has 0 heterocycles. The maximum atomic E-state index is 13.4. The van der Waals surface area contributed by atoms with Crippen molar-refractivity contribution in [3.05, 3.63) is 57.0 Å². The average molecular weight is 537 g/mol. The molecule has 0 unspecified atom stereocenters. The molecule has 8 nitrogen and oxygen atoms in total. The molecule has 1 atom stereocenters. The third-order valence-electron chi connectivity index (χ3n) is 4.86. The van der Waals surface area contributed by atoms with Gasteiger partial charge in [0.25, 0.3) is 0 Å². The maximum Gasteiger partial charge on any atom is 0.244 e. The van der Waals surface area contributed by atoms with E-state index < -0.39 is 34.4 Å². The molecule has 0 saturated carbocycles.